The van der Waals surface area contributed by atoms with E-state index >= 15 is 0 Å². The predicted octanol–water partition coefficient (Wildman–Crippen LogP) is 1.07. The van der Waals surface area contributed by atoms with Crippen LogP contribution in [0.2, 0.25) is 0 Å². The average Bonchev–Trinajstić information content (AvgIpc) is 2.83. The van der Waals surface area contributed by atoms with Gasteiger partial charge in [-0.2, -0.15) is 0 Å². The van der Waals surface area contributed by atoms with E-state index in [2.05, 4.69) is 0 Å². The molecule has 0 spiro atoms. The van der Waals surface area contributed by atoms with Crippen LogP contribution in [0.25, 0.3) is 0 Å². The molecule has 1 saturated heterocycles. The second kappa shape index (κ2) is 4.78. The van der Waals surface area contributed by atoms with Gasteiger partial charge in [0.2, 0.25) is 5.91 Å². The molecule has 108 valence electrons. The number of aliphatic carboxylic acids is 1. The van der Waals surface area contributed by atoms with Crippen LogP contribution in [0.1, 0.15) is 40.0 Å². The SMILES string of the molecule is CC(C)(C)C(N)C(=O)N1CC2CCCC2[C@H]1C(=O)O. The lowest BCUT2D eigenvalue weighted by molar-refractivity contribution is -0.151. The molecule has 0 aromatic heterocycles. The fourth-order valence-corrected chi connectivity index (χ4v) is 3.40. The van der Waals surface area contributed by atoms with Gasteiger partial charge < -0.3 is 15.7 Å². The molecule has 2 aliphatic rings. The van der Waals surface area contributed by atoms with Gasteiger partial charge in [0, 0.05) is 6.54 Å². The molecule has 1 amide bonds. The molecule has 1 aliphatic carbocycles. The van der Waals surface area contributed by atoms with E-state index in [1.165, 1.54) is 4.90 Å². The second-order valence-corrected chi connectivity index (χ2v) is 6.97. The summed E-state index contributed by atoms with van der Waals surface area (Å²) >= 11 is 0. The second-order valence-electron chi connectivity index (χ2n) is 6.97. The van der Waals surface area contributed by atoms with Gasteiger partial charge in [-0.05, 0) is 30.1 Å². The van der Waals surface area contributed by atoms with Gasteiger partial charge in [-0.3, -0.25) is 4.79 Å². The first-order valence-corrected chi connectivity index (χ1v) is 7.02. The van der Waals surface area contributed by atoms with Crippen molar-refractivity contribution in [2.45, 2.75) is 52.1 Å². The highest BCUT2D eigenvalue weighted by Gasteiger charge is 2.50. The van der Waals surface area contributed by atoms with Crippen LogP contribution < -0.4 is 5.73 Å². The van der Waals surface area contributed by atoms with Crippen LogP contribution in [0.4, 0.5) is 0 Å². The van der Waals surface area contributed by atoms with Crippen molar-refractivity contribution in [2.75, 3.05) is 6.54 Å². The maximum Gasteiger partial charge on any atom is 0.326 e. The zero-order valence-corrected chi connectivity index (χ0v) is 11.9. The van der Waals surface area contributed by atoms with E-state index in [0.29, 0.717) is 12.5 Å². The summed E-state index contributed by atoms with van der Waals surface area (Å²) in [4.78, 5) is 25.5. The molecular weight excluding hydrogens is 244 g/mol. The van der Waals surface area contributed by atoms with Crippen LogP contribution in [0.15, 0.2) is 0 Å². The van der Waals surface area contributed by atoms with Gasteiger partial charge in [0.25, 0.3) is 0 Å². The summed E-state index contributed by atoms with van der Waals surface area (Å²) in [7, 11) is 0. The normalized spacial score (nSPS) is 32.2. The van der Waals surface area contributed by atoms with Crippen LogP contribution in [0.5, 0.6) is 0 Å². The van der Waals surface area contributed by atoms with Gasteiger partial charge in [-0.1, -0.05) is 27.2 Å². The Bertz CT molecular complexity index is 389. The Balaban J connectivity index is 2.19. The zero-order valence-electron chi connectivity index (χ0n) is 11.9. The summed E-state index contributed by atoms with van der Waals surface area (Å²) in [5.41, 5.74) is 5.65. The van der Waals surface area contributed by atoms with Crippen LogP contribution in [0, 0.1) is 17.3 Å². The molecule has 1 aliphatic heterocycles. The van der Waals surface area contributed by atoms with Gasteiger partial charge in [-0.25, -0.2) is 4.79 Å². The van der Waals surface area contributed by atoms with Crippen molar-refractivity contribution < 1.29 is 14.7 Å². The molecule has 4 atom stereocenters. The van der Waals surface area contributed by atoms with Gasteiger partial charge in [-0.15, -0.1) is 0 Å². The van der Waals surface area contributed by atoms with E-state index in [0.717, 1.165) is 19.3 Å². The molecule has 5 nitrogen and oxygen atoms in total. The number of nitrogens with zero attached hydrogens (tertiary/aromatic N) is 1. The Kier molecular flexibility index (Phi) is 3.60. The summed E-state index contributed by atoms with van der Waals surface area (Å²) in [6, 6.07) is -1.32. The summed E-state index contributed by atoms with van der Waals surface area (Å²) < 4.78 is 0. The number of carbonyl (C=O) groups excluding carboxylic acids is 1. The Hall–Kier alpha value is -1.10. The largest absolute Gasteiger partial charge is 0.480 e. The van der Waals surface area contributed by atoms with Crippen molar-refractivity contribution in [1.29, 1.82) is 0 Å². The van der Waals surface area contributed by atoms with Crippen molar-refractivity contribution >= 4 is 11.9 Å². The minimum Gasteiger partial charge on any atom is -0.480 e. The fourth-order valence-electron chi connectivity index (χ4n) is 3.40. The third-order valence-electron chi connectivity index (χ3n) is 4.63. The van der Waals surface area contributed by atoms with E-state index in [-0.39, 0.29) is 17.2 Å². The van der Waals surface area contributed by atoms with Crippen molar-refractivity contribution in [3.63, 3.8) is 0 Å². The van der Waals surface area contributed by atoms with Crippen molar-refractivity contribution in [1.82, 2.24) is 4.90 Å². The van der Waals surface area contributed by atoms with Crippen molar-refractivity contribution in [3.05, 3.63) is 0 Å². The van der Waals surface area contributed by atoms with Gasteiger partial charge in [0.15, 0.2) is 0 Å². The number of rotatable bonds is 2. The number of nitrogens with two attached hydrogens (primary N) is 1. The van der Waals surface area contributed by atoms with Crippen LogP contribution in [0.3, 0.4) is 0 Å². The lowest BCUT2D eigenvalue weighted by Crippen LogP contribution is -2.54. The average molecular weight is 268 g/mol. The monoisotopic (exact) mass is 268 g/mol. The number of carboxylic acids is 1. The molecule has 0 aromatic carbocycles. The van der Waals surface area contributed by atoms with Crippen molar-refractivity contribution in [2.24, 2.45) is 23.0 Å². The van der Waals surface area contributed by atoms with E-state index < -0.39 is 18.1 Å². The molecule has 2 fully saturated rings. The van der Waals surface area contributed by atoms with E-state index in [4.69, 9.17) is 5.73 Å². The number of fused-ring (bicyclic) bond motifs is 1. The third-order valence-corrected chi connectivity index (χ3v) is 4.63. The highest BCUT2D eigenvalue weighted by Crippen LogP contribution is 2.42. The lowest BCUT2D eigenvalue weighted by Gasteiger charge is -2.32. The first-order chi connectivity index (χ1) is 8.73. The van der Waals surface area contributed by atoms with Gasteiger partial charge in [0.05, 0.1) is 6.04 Å². The summed E-state index contributed by atoms with van der Waals surface area (Å²) in [6.07, 6.45) is 3.02. The molecule has 0 aromatic rings. The molecule has 0 radical (unpaired) electrons. The van der Waals surface area contributed by atoms with E-state index in [9.17, 15) is 14.7 Å². The molecular formula is C14H24N2O3. The number of carbonyl (C=O) groups is 2. The minimum absolute atomic E-state index is 0.119. The van der Waals surface area contributed by atoms with Crippen molar-refractivity contribution in [3.8, 4) is 0 Å². The zero-order chi connectivity index (χ0) is 14.4. The summed E-state index contributed by atoms with van der Waals surface area (Å²) in [6.45, 7) is 6.27. The number of hydrogen-bond donors (Lipinski definition) is 2. The van der Waals surface area contributed by atoms with Crippen LogP contribution in [-0.4, -0.2) is 40.5 Å². The highest BCUT2D eigenvalue weighted by molar-refractivity contribution is 5.88. The topological polar surface area (TPSA) is 83.6 Å². The van der Waals surface area contributed by atoms with E-state index in [1.54, 1.807) is 0 Å². The number of carboxylic acid groups (broad SMARTS) is 1. The predicted molar refractivity (Wildman–Crippen MR) is 71.4 cm³/mol. The quantitative estimate of drug-likeness (QED) is 0.784. The molecule has 1 saturated carbocycles. The Morgan fingerprint density at radius 2 is 1.95 bits per heavy atom. The first kappa shape index (κ1) is 14.3. The standard InChI is InChI=1S/C14H24N2O3/c1-14(2,3)11(15)12(17)16-7-8-5-4-6-9(8)10(16)13(18)19/h8-11H,4-7,15H2,1-3H3,(H,18,19)/t8?,9?,10-,11?/m0/s1. The van der Waals surface area contributed by atoms with Gasteiger partial charge in [0.1, 0.15) is 6.04 Å². The van der Waals surface area contributed by atoms with Gasteiger partial charge >= 0.3 is 5.97 Å². The molecule has 2 rings (SSSR count). The molecule has 3 N–H and O–H groups in total. The number of hydrogen-bond acceptors (Lipinski definition) is 3. The Morgan fingerprint density at radius 1 is 1.32 bits per heavy atom. The lowest BCUT2D eigenvalue weighted by atomic mass is 9.86. The maximum atomic E-state index is 12.5. The third kappa shape index (κ3) is 2.48. The fraction of sp³-hybridized carbons (Fsp3) is 0.857. The molecule has 3 unspecified atom stereocenters. The molecule has 1 heterocycles. The summed E-state index contributed by atoms with van der Waals surface area (Å²) in [5.74, 6) is -0.635. The molecule has 19 heavy (non-hydrogen) atoms. The number of likely N-dealkylation sites (tertiary alicyclic amines) is 1. The number of amides is 1. The highest BCUT2D eigenvalue weighted by atomic mass is 16.4. The Morgan fingerprint density at radius 3 is 2.47 bits per heavy atom. The summed E-state index contributed by atoms with van der Waals surface area (Å²) in [5, 5.41) is 9.43. The molecule has 5 heteroatoms. The smallest absolute Gasteiger partial charge is 0.326 e. The minimum atomic E-state index is -0.885. The Labute approximate surface area is 114 Å². The molecule has 0 bridgehead atoms. The van der Waals surface area contributed by atoms with Crippen LogP contribution in [-0.2, 0) is 9.59 Å². The maximum absolute atomic E-state index is 12.5. The van der Waals surface area contributed by atoms with E-state index in [1.807, 2.05) is 20.8 Å². The van der Waals surface area contributed by atoms with Crippen LogP contribution >= 0.6 is 0 Å². The first-order valence-electron chi connectivity index (χ1n) is 7.02.